The number of benzene rings is 1. The topological polar surface area (TPSA) is 27.7 Å². The van der Waals surface area contributed by atoms with Gasteiger partial charge in [-0.05, 0) is 12.5 Å². The summed E-state index contributed by atoms with van der Waals surface area (Å²) in [5, 5.41) is 0. The lowest BCUT2D eigenvalue weighted by molar-refractivity contribution is -0.356. The van der Waals surface area contributed by atoms with Crippen molar-refractivity contribution in [1.29, 1.82) is 0 Å². The summed E-state index contributed by atoms with van der Waals surface area (Å²) in [6, 6.07) is 8.83. The van der Waals surface area contributed by atoms with Crippen molar-refractivity contribution in [3.05, 3.63) is 35.9 Å². The van der Waals surface area contributed by atoms with Crippen LogP contribution in [0.4, 0.5) is 17.6 Å². The standard InChI is InChI=1S/C15H18F4O3/c1-2-21-13-8-14(16,17)15(18,19)12(22-13)10-20-9-11-6-4-3-5-7-11/h3-7,12-13H,2,8-10H2,1H3/t12-,13?/m1/s1. The molecule has 1 saturated heterocycles. The van der Waals surface area contributed by atoms with Crippen molar-refractivity contribution in [1.82, 2.24) is 0 Å². The smallest absolute Gasteiger partial charge is 0.338 e. The molecule has 0 spiro atoms. The molecule has 1 heterocycles. The Morgan fingerprint density at radius 2 is 1.86 bits per heavy atom. The Bertz CT molecular complexity index is 467. The molecular formula is C15H18F4O3. The molecule has 7 heteroatoms. The second-order valence-corrected chi connectivity index (χ2v) is 5.04. The van der Waals surface area contributed by atoms with Crippen molar-refractivity contribution in [2.24, 2.45) is 0 Å². The lowest BCUT2D eigenvalue weighted by atomic mass is 9.99. The highest BCUT2D eigenvalue weighted by atomic mass is 19.3. The van der Waals surface area contributed by atoms with Crippen molar-refractivity contribution in [3.8, 4) is 0 Å². The van der Waals surface area contributed by atoms with Gasteiger partial charge in [-0.2, -0.15) is 17.6 Å². The highest BCUT2D eigenvalue weighted by molar-refractivity contribution is 5.13. The molecule has 1 aromatic carbocycles. The van der Waals surface area contributed by atoms with Crippen LogP contribution < -0.4 is 0 Å². The highest BCUT2D eigenvalue weighted by Gasteiger charge is 2.66. The van der Waals surface area contributed by atoms with Crippen molar-refractivity contribution >= 4 is 0 Å². The van der Waals surface area contributed by atoms with Crippen molar-refractivity contribution in [2.45, 2.75) is 44.2 Å². The second kappa shape index (κ2) is 6.93. The van der Waals surface area contributed by atoms with E-state index in [1.807, 2.05) is 0 Å². The van der Waals surface area contributed by atoms with Crippen LogP contribution in [0.1, 0.15) is 18.9 Å². The Kier molecular flexibility index (Phi) is 5.41. The van der Waals surface area contributed by atoms with E-state index in [2.05, 4.69) is 0 Å². The molecule has 2 atom stereocenters. The first kappa shape index (κ1) is 17.2. The molecule has 1 unspecified atom stereocenters. The molecule has 1 aromatic rings. The molecule has 1 aliphatic heterocycles. The number of ether oxygens (including phenoxy) is 3. The van der Waals surface area contributed by atoms with Gasteiger partial charge in [0.25, 0.3) is 0 Å². The van der Waals surface area contributed by atoms with Crippen molar-refractivity contribution in [3.63, 3.8) is 0 Å². The summed E-state index contributed by atoms with van der Waals surface area (Å²) < 4.78 is 69.7. The Morgan fingerprint density at radius 1 is 1.18 bits per heavy atom. The van der Waals surface area contributed by atoms with Crippen molar-refractivity contribution in [2.75, 3.05) is 13.2 Å². The Balaban J connectivity index is 1.97. The maximum absolute atomic E-state index is 13.8. The van der Waals surface area contributed by atoms with Gasteiger partial charge in [0.2, 0.25) is 0 Å². The lowest BCUT2D eigenvalue weighted by Gasteiger charge is -2.40. The van der Waals surface area contributed by atoms with Crippen LogP contribution in [0.3, 0.4) is 0 Å². The van der Waals surface area contributed by atoms with E-state index < -0.39 is 37.3 Å². The minimum atomic E-state index is -4.29. The van der Waals surface area contributed by atoms with Gasteiger partial charge < -0.3 is 14.2 Å². The van der Waals surface area contributed by atoms with Gasteiger partial charge in [0.15, 0.2) is 12.4 Å². The Labute approximate surface area is 126 Å². The fourth-order valence-electron chi connectivity index (χ4n) is 2.18. The van der Waals surface area contributed by atoms with Gasteiger partial charge in [-0.25, -0.2) is 0 Å². The molecule has 0 N–H and O–H groups in total. The average molecular weight is 322 g/mol. The minimum Gasteiger partial charge on any atom is -0.374 e. The predicted molar refractivity (Wildman–Crippen MR) is 70.9 cm³/mol. The molecule has 0 bridgehead atoms. The number of rotatable bonds is 6. The molecule has 0 aliphatic carbocycles. The zero-order valence-electron chi connectivity index (χ0n) is 12.1. The fourth-order valence-corrected chi connectivity index (χ4v) is 2.18. The maximum Gasteiger partial charge on any atom is 0.338 e. The van der Waals surface area contributed by atoms with Crippen LogP contribution >= 0.6 is 0 Å². The zero-order chi connectivity index (χ0) is 16.2. The molecule has 0 saturated carbocycles. The molecule has 2 rings (SSSR count). The Morgan fingerprint density at radius 3 is 2.50 bits per heavy atom. The van der Waals surface area contributed by atoms with E-state index in [-0.39, 0.29) is 13.2 Å². The van der Waals surface area contributed by atoms with E-state index in [0.29, 0.717) is 0 Å². The molecule has 0 radical (unpaired) electrons. The van der Waals surface area contributed by atoms with Crippen LogP contribution in [0.2, 0.25) is 0 Å². The van der Waals surface area contributed by atoms with Crippen LogP contribution in [0.25, 0.3) is 0 Å². The van der Waals surface area contributed by atoms with Crippen LogP contribution in [0.5, 0.6) is 0 Å². The lowest BCUT2D eigenvalue weighted by Crippen LogP contribution is -2.59. The summed E-state index contributed by atoms with van der Waals surface area (Å²) in [6.45, 7) is 1.09. The SMILES string of the molecule is CCOC1CC(F)(F)C(F)(F)[C@@H](COCc2ccccc2)O1. The van der Waals surface area contributed by atoms with E-state index >= 15 is 0 Å². The summed E-state index contributed by atoms with van der Waals surface area (Å²) >= 11 is 0. The summed E-state index contributed by atoms with van der Waals surface area (Å²) in [5.41, 5.74) is 0.759. The van der Waals surface area contributed by atoms with E-state index in [1.165, 1.54) is 0 Å². The summed E-state index contributed by atoms with van der Waals surface area (Å²) in [6.07, 6.45) is -4.57. The van der Waals surface area contributed by atoms with Crippen LogP contribution in [0, 0.1) is 0 Å². The van der Waals surface area contributed by atoms with Gasteiger partial charge in [0.1, 0.15) is 0 Å². The maximum atomic E-state index is 13.8. The molecule has 1 fully saturated rings. The quantitative estimate of drug-likeness (QED) is 0.749. The molecular weight excluding hydrogens is 304 g/mol. The van der Waals surface area contributed by atoms with Crippen LogP contribution in [-0.4, -0.2) is 37.5 Å². The van der Waals surface area contributed by atoms with E-state index in [9.17, 15) is 17.6 Å². The van der Waals surface area contributed by atoms with E-state index in [1.54, 1.807) is 37.3 Å². The molecule has 22 heavy (non-hydrogen) atoms. The molecule has 0 amide bonds. The first-order chi connectivity index (χ1) is 10.4. The highest BCUT2D eigenvalue weighted by Crippen LogP contribution is 2.46. The number of alkyl halides is 4. The monoisotopic (exact) mass is 322 g/mol. The van der Waals surface area contributed by atoms with E-state index in [0.717, 1.165) is 5.56 Å². The molecule has 1 aliphatic rings. The summed E-state index contributed by atoms with van der Waals surface area (Å²) in [5.74, 6) is -8.48. The largest absolute Gasteiger partial charge is 0.374 e. The van der Waals surface area contributed by atoms with Gasteiger partial charge in [-0.1, -0.05) is 30.3 Å². The fraction of sp³-hybridized carbons (Fsp3) is 0.600. The summed E-state index contributed by atoms with van der Waals surface area (Å²) in [4.78, 5) is 0. The summed E-state index contributed by atoms with van der Waals surface area (Å²) in [7, 11) is 0. The minimum absolute atomic E-state index is 0.0433. The number of halogens is 4. The van der Waals surface area contributed by atoms with Gasteiger partial charge in [0, 0.05) is 6.61 Å². The second-order valence-electron chi connectivity index (χ2n) is 5.04. The van der Waals surface area contributed by atoms with Gasteiger partial charge >= 0.3 is 11.8 Å². The number of hydrogen-bond acceptors (Lipinski definition) is 3. The third-order valence-corrected chi connectivity index (χ3v) is 3.36. The zero-order valence-corrected chi connectivity index (χ0v) is 12.1. The first-order valence-electron chi connectivity index (χ1n) is 7.01. The third-order valence-electron chi connectivity index (χ3n) is 3.36. The van der Waals surface area contributed by atoms with E-state index in [4.69, 9.17) is 14.2 Å². The molecule has 0 aromatic heterocycles. The predicted octanol–water partition coefficient (Wildman–Crippen LogP) is 3.63. The van der Waals surface area contributed by atoms with Crippen LogP contribution in [-0.2, 0) is 20.8 Å². The van der Waals surface area contributed by atoms with Gasteiger partial charge in [0.05, 0.1) is 19.6 Å². The van der Waals surface area contributed by atoms with Gasteiger partial charge in [-0.3, -0.25) is 0 Å². The average Bonchev–Trinajstić information content (AvgIpc) is 2.45. The normalized spacial score (nSPS) is 26.8. The number of hydrogen-bond donors (Lipinski definition) is 0. The molecule has 3 nitrogen and oxygen atoms in total. The third kappa shape index (κ3) is 3.77. The van der Waals surface area contributed by atoms with Crippen LogP contribution in [0.15, 0.2) is 30.3 Å². The van der Waals surface area contributed by atoms with Gasteiger partial charge in [-0.15, -0.1) is 0 Å². The molecule has 124 valence electrons. The Hall–Kier alpha value is -1.18. The van der Waals surface area contributed by atoms with Crippen molar-refractivity contribution < 1.29 is 31.8 Å². The first-order valence-corrected chi connectivity index (χ1v) is 7.01.